The van der Waals surface area contributed by atoms with Gasteiger partial charge in [-0.1, -0.05) is 48.4 Å². The van der Waals surface area contributed by atoms with Crippen LogP contribution in [-0.2, 0) is 11.3 Å². The van der Waals surface area contributed by atoms with Crippen molar-refractivity contribution in [3.8, 4) is 0 Å². The fourth-order valence-corrected chi connectivity index (χ4v) is 4.28. The smallest absolute Gasteiger partial charge is 0.146 e. The van der Waals surface area contributed by atoms with Crippen LogP contribution in [0.3, 0.4) is 0 Å². The van der Waals surface area contributed by atoms with Crippen LogP contribution in [-0.4, -0.2) is 54.0 Å². The molecule has 4 rings (SSSR count). The first-order valence-electron chi connectivity index (χ1n) is 10.6. The van der Waals surface area contributed by atoms with Gasteiger partial charge < -0.3 is 14.7 Å². The molecule has 1 saturated carbocycles. The van der Waals surface area contributed by atoms with E-state index >= 15 is 0 Å². The zero-order valence-corrected chi connectivity index (χ0v) is 16.9. The Morgan fingerprint density at radius 2 is 1.89 bits per heavy atom. The third kappa shape index (κ3) is 4.75. The zero-order chi connectivity index (χ0) is 19.3. The molecule has 2 aliphatic heterocycles. The van der Waals surface area contributed by atoms with Crippen LogP contribution < -0.4 is 0 Å². The molecule has 4 heteroatoms. The van der Waals surface area contributed by atoms with Gasteiger partial charge in [0.1, 0.15) is 6.23 Å². The second-order valence-electron chi connectivity index (χ2n) is 8.25. The molecular weight excluding hydrogens is 348 g/mol. The maximum absolute atomic E-state index is 10.2. The maximum atomic E-state index is 10.2. The van der Waals surface area contributed by atoms with Crippen molar-refractivity contribution in [3.63, 3.8) is 0 Å². The van der Waals surface area contributed by atoms with Crippen molar-refractivity contribution in [2.45, 2.75) is 50.9 Å². The van der Waals surface area contributed by atoms with E-state index in [0.29, 0.717) is 13.2 Å². The average molecular weight is 381 g/mol. The fourth-order valence-electron chi connectivity index (χ4n) is 4.28. The van der Waals surface area contributed by atoms with E-state index in [1.54, 1.807) is 12.7 Å². The average Bonchev–Trinajstić information content (AvgIpc) is 2.66. The molecule has 0 aromatic heterocycles. The third-order valence-corrected chi connectivity index (χ3v) is 6.21. The highest BCUT2D eigenvalue weighted by Gasteiger charge is 2.26. The first-order chi connectivity index (χ1) is 13.7. The number of nitrogens with zero attached hydrogens (tertiary/aromatic N) is 2. The maximum Gasteiger partial charge on any atom is 0.146 e. The van der Waals surface area contributed by atoms with Crippen LogP contribution in [0.1, 0.15) is 43.2 Å². The van der Waals surface area contributed by atoms with E-state index in [9.17, 15) is 5.11 Å². The first-order valence-corrected chi connectivity index (χ1v) is 10.6. The van der Waals surface area contributed by atoms with Gasteiger partial charge in [0.05, 0.1) is 6.61 Å². The molecule has 0 spiro atoms. The fraction of sp³-hybridized carbons (Fsp3) is 0.500. The van der Waals surface area contributed by atoms with Gasteiger partial charge in [-0.05, 0) is 48.5 Å². The number of hydrogen-bond donors (Lipinski definition) is 1. The number of benzene rings is 1. The Morgan fingerprint density at radius 3 is 2.54 bits per heavy atom. The highest BCUT2D eigenvalue weighted by Crippen LogP contribution is 2.29. The number of rotatable bonds is 6. The lowest BCUT2D eigenvalue weighted by Crippen LogP contribution is -2.43. The van der Waals surface area contributed by atoms with E-state index in [1.165, 1.54) is 56.3 Å². The lowest BCUT2D eigenvalue weighted by molar-refractivity contribution is 0.0698. The Balaban J connectivity index is 1.33. The van der Waals surface area contributed by atoms with Crippen molar-refractivity contribution in [3.05, 3.63) is 64.9 Å². The van der Waals surface area contributed by atoms with Crippen molar-refractivity contribution in [2.24, 2.45) is 0 Å². The number of piperidine rings is 1. The highest BCUT2D eigenvalue weighted by molar-refractivity contribution is 5.53. The molecule has 1 aliphatic carbocycles. The lowest BCUT2D eigenvalue weighted by Gasteiger charge is -2.40. The Labute approximate surface area is 168 Å². The van der Waals surface area contributed by atoms with Gasteiger partial charge in [0, 0.05) is 39.0 Å². The van der Waals surface area contributed by atoms with Crippen LogP contribution in [0, 0.1) is 0 Å². The van der Waals surface area contributed by atoms with Crippen LogP contribution >= 0.6 is 0 Å². The molecular formula is C24H32N2O2. The van der Waals surface area contributed by atoms with Crippen LogP contribution in [0.2, 0.25) is 0 Å². The number of methoxy groups -OCH3 is 1. The summed E-state index contributed by atoms with van der Waals surface area (Å²) in [7, 11) is 1.69. The Bertz CT molecular complexity index is 736. The molecule has 1 aromatic rings. The molecule has 1 atom stereocenters. The topological polar surface area (TPSA) is 35.9 Å². The van der Waals surface area contributed by atoms with Crippen molar-refractivity contribution in [2.75, 3.05) is 26.8 Å². The van der Waals surface area contributed by atoms with Crippen molar-refractivity contribution in [1.82, 2.24) is 9.80 Å². The van der Waals surface area contributed by atoms with Gasteiger partial charge in [-0.15, -0.1) is 0 Å². The van der Waals surface area contributed by atoms with Crippen LogP contribution in [0.25, 0.3) is 6.08 Å². The number of hydrogen-bond acceptors (Lipinski definition) is 4. The summed E-state index contributed by atoms with van der Waals surface area (Å²) in [6.45, 7) is 3.70. The standard InChI is InChI=1S/C24H32N2O2/c1-28-18-22-9-10-24(27)26(17-22)16-21-7-5-19(6-8-21)15-20-11-13-25(14-12-20)23-3-2-4-23/h5-10,15,17,23-24,27H,2-4,11-14,16,18H2,1H3. The Kier molecular flexibility index (Phi) is 6.30. The molecule has 1 unspecified atom stereocenters. The molecule has 1 N–H and O–H groups in total. The van der Waals surface area contributed by atoms with Crippen molar-refractivity contribution >= 4 is 6.08 Å². The van der Waals surface area contributed by atoms with E-state index in [0.717, 1.165) is 11.6 Å². The summed E-state index contributed by atoms with van der Waals surface area (Å²) in [5, 5.41) is 10.2. The van der Waals surface area contributed by atoms with Gasteiger partial charge in [-0.25, -0.2) is 0 Å². The minimum Gasteiger partial charge on any atom is -0.380 e. The molecule has 1 aromatic carbocycles. The van der Waals surface area contributed by atoms with E-state index < -0.39 is 6.23 Å². The number of likely N-dealkylation sites (tertiary alicyclic amines) is 1. The van der Waals surface area contributed by atoms with Gasteiger partial charge in [0.2, 0.25) is 0 Å². The lowest BCUT2D eigenvalue weighted by atomic mass is 9.89. The molecule has 0 bridgehead atoms. The molecule has 150 valence electrons. The summed E-state index contributed by atoms with van der Waals surface area (Å²) in [5.74, 6) is 0. The molecule has 4 nitrogen and oxygen atoms in total. The predicted molar refractivity (Wildman–Crippen MR) is 114 cm³/mol. The summed E-state index contributed by atoms with van der Waals surface area (Å²) in [5.41, 5.74) is 5.13. The van der Waals surface area contributed by atoms with Crippen molar-refractivity contribution in [1.29, 1.82) is 0 Å². The monoisotopic (exact) mass is 380 g/mol. The minimum absolute atomic E-state index is 0.560. The van der Waals surface area contributed by atoms with Gasteiger partial charge in [-0.3, -0.25) is 4.90 Å². The first kappa shape index (κ1) is 19.4. The van der Waals surface area contributed by atoms with E-state index in [4.69, 9.17) is 4.74 Å². The van der Waals surface area contributed by atoms with Crippen LogP contribution in [0.15, 0.2) is 53.8 Å². The minimum atomic E-state index is -0.580. The molecule has 3 aliphatic rings. The SMILES string of the molecule is COCC1=CN(Cc2ccc(C=C3CCN(C4CCC4)CC3)cc2)C(O)C=C1. The number of aliphatic hydroxyl groups excluding tert-OH is 1. The number of ether oxygens (including phenoxy) is 1. The molecule has 1 saturated heterocycles. The Hall–Kier alpha value is -1.88. The molecule has 2 heterocycles. The molecule has 28 heavy (non-hydrogen) atoms. The van der Waals surface area contributed by atoms with Gasteiger partial charge in [0.25, 0.3) is 0 Å². The molecule has 0 amide bonds. The second kappa shape index (κ2) is 9.08. The quantitative estimate of drug-likeness (QED) is 0.811. The van der Waals surface area contributed by atoms with E-state index in [-0.39, 0.29) is 0 Å². The van der Waals surface area contributed by atoms with Gasteiger partial charge in [-0.2, -0.15) is 0 Å². The zero-order valence-electron chi connectivity index (χ0n) is 16.9. The van der Waals surface area contributed by atoms with E-state index in [2.05, 4.69) is 35.2 Å². The van der Waals surface area contributed by atoms with E-state index in [1.807, 2.05) is 23.3 Å². The number of aliphatic hydroxyl groups is 1. The Morgan fingerprint density at radius 1 is 1.14 bits per heavy atom. The summed E-state index contributed by atoms with van der Waals surface area (Å²) in [4.78, 5) is 4.63. The van der Waals surface area contributed by atoms with Gasteiger partial charge >= 0.3 is 0 Å². The molecule has 2 fully saturated rings. The summed E-state index contributed by atoms with van der Waals surface area (Å²) < 4.78 is 5.19. The summed E-state index contributed by atoms with van der Waals surface area (Å²) >= 11 is 0. The molecule has 0 radical (unpaired) electrons. The second-order valence-corrected chi connectivity index (χ2v) is 8.25. The summed E-state index contributed by atoms with van der Waals surface area (Å²) in [6.07, 6.45) is 14.2. The van der Waals surface area contributed by atoms with Crippen molar-refractivity contribution < 1.29 is 9.84 Å². The third-order valence-electron chi connectivity index (χ3n) is 6.21. The van der Waals surface area contributed by atoms with Crippen LogP contribution in [0.4, 0.5) is 0 Å². The van der Waals surface area contributed by atoms with Gasteiger partial charge in [0.15, 0.2) is 0 Å². The van der Waals surface area contributed by atoms with Crippen LogP contribution in [0.5, 0.6) is 0 Å². The predicted octanol–water partition coefficient (Wildman–Crippen LogP) is 3.94. The normalized spacial score (nSPS) is 23.5. The summed E-state index contributed by atoms with van der Waals surface area (Å²) in [6, 6.07) is 9.62. The largest absolute Gasteiger partial charge is 0.380 e. The highest BCUT2D eigenvalue weighted by atomic mass is 16.5.